The molecular formula is C25H32N6. The molecule has 4 rings (SSSR count). The Morgan fingerprint density at radius 2 is 1.74 bits per heavy atom. The van der Waals surface area contributed by atoms with Crippen molar-refractivity contribution < 1.29 is 0 Å². The van der Waals surface area contributed by atoms with Crippen molar-refractivity contribution in [3.63, 3.8) is 0 Å². The summed E-state index contributed by atoms with van der Waals surface area (Å²) < 4.78 is 1.82. The van der Waals surface area contributed by atoms with Gasteiger partial charge in [-0.1, -0.05) is 52.0 Å². The van der Waals surface area contributed by atoms with E-state index in [9.17, 15) is 0 Å². The highest BCUT2D eigenvalue weighted by atomic mass is 15.3. The Labute approximate surface area is 184 Å². The quantitative estimate of drug-likeness (QED) is 0.438. The number of H-pyrrole nitrogens is 1. The summed E-state index contributed by atoms with van der Waals surface area (Å²) in [6, 6.07) is 11.4. The average Bonchev–Trinajstić information content (AvgIpc) is 3.34. The molecule has 0 unspecified atom stereocenters. The summed E-state index contributed by atoms with van der Waals surface area (Å²) in [7, 11) is 0. The number of aromatic nitrogens is 5. The molecule has 3 aromatic heterocycles. The number of pyridine rings is 1. The van der Waals surface area contributed by atoms with E-state index in [-0.39, 0.29) is 5.54 Å². The molecule has 0 fully saturated rings. The zero-order valence-corrected chi connectivity index (χ0v) is 19.5. The largest absolute Gasteiger partial charge is 0.306 e. The lowest BCUT2D eigenvalue weighted by Crippen LogP contribution is -2.40. The van der Waals surface area contributed by atoms with Crippen molar-refractivity contribution in [2.24, 2.45) is 0 Å². The van der Waals surface area contributed by atoms with Crippen molar-refractivity contribution in [1.82, 2.24) is 30.1 Å². The first kappa shape index (κ1) is 21.2. The van der Waals surface area contributed by atoms with Crippen molar-refractivity contribution in [3.05, 3.63) is 59.5 Å². The fraction of sp³-hybridized carbons (Fsp3) is 0.400. The van der Waals surface area contributed by atoms with E-state index in [1.54, 1.807) is 6.33 Å². The number of fused-ring (bicyclic) bond motifs is 1. The Bertz CT molecular complexity index is 1190. The van der Waals surface area contributed by atoms with Gasteiger partial charge in [-0.3, -0.25) is 5.10 Å². The number of benzene rings is 1. The monoisotopic (exact) mass is 416 g/mol. The van der Waals surface area contributed by atoms with E-state index in [0.29, 0.717) is 12.0 Å². The van der Waals surface area contributed by atoms with Gasteiger partial charge >= 0.3 is 0 Å². The van der Waals surface area contributed by atoms with E-state index < -0.39 is 0 Å². The summed E-state index contributed by atoms with van der Waals surface area (Å²) in [5, 5.41) is 16.0. The normalized spacial score (nSPS) is 12.4. The molecule has 162 valence electrons. The second-order valence-corrected chi connectivity index (χ2v) is 9.46. The standard InChI is InChI=1S/C25H32N6/c1-15(2)21-22(18-8-10-20(11-9-18)25(6,7)28-16(3)4)29-30-23(21)19-12-17(5)24-26-14-27-31(24)13-19/h8-16,28H,1-7H3,(H,29,30). The van der Waals surface area contributed by atoms with E-state index in [1.807, 2.05) is 10.7 Å². The van der Waals surface area contributed by atoms with Crippen LogP contribution in [-0.4, -0.2) is 30.8 Å². The molecule has 3 heterocycles. The van der Waals surface area contributed by atoms with Crippen molar-refractivity contribution in [3.8, 4) is 22.5 Å². The molecule has 0 saturated carbocycles. The van der Waals surface area contributed by atoms with Crippen LogP contribution in [0.25, 0.3) is 28.2 Å². The SMILES string of the molecule is Cc1cc(-c2n[nH]c(-c3ccc(C(C)(C)NC(C)C)cc3)c2C(C)C)cn2ncnc12. The maximum atomic E-state index is 4.73. The van der Waals surface area contributed by atoms with Crippen LogP contribution in [0.3, 0.4) is 0 Å². The van der Waals surface area contributed by atoms with Crippen LogP contribution in [0.5, 0.6) is 0 Å². The molecule has 6 heteroatoms. The molecular weight excluding hydrogens is 384 g/mol. The number of aromatic amines is 1. The maximum absolute atomic E-state index is 4.73. The van der Waals surface area contributed by atoms with E-state index >= 15 is 0 Å². The molecule has 0 atom stereocenters. The maximum Gasteiger partial charge on any atom is 0.158 e. The Morgan fingerprint density at radius 3 is 2.39 bits per heavy atom. The zero-order chi connectivity index (χ0) is 22.3. The Morgan fingerprint density at radius 1 is 1.03 bits per heavy atom. The lowest BCUT2D eigenvalue weighted by Gasteiger charge is -2.29. The first-order chi connectivity index (χ1) is 14.7. The summed E-state index contributed by atoms with van der Waals surface area (Å²) >= 11 is 0. The van der Waals surface area contributed by atoms with Crippen LogP contribution in [0.4, 0.5) is 0 Å². The van der Waals surface area contributed by atoms with Gasteiger partial charge in [0.05, 0.1) is 11.4 Å². The summed E-state index contributed by atoms with van der Waals surface area (Å²) in [5.41, 5.74) is 8.58. The summed E-state index contributed by atoms with van der Waals surface area (Å²) in [6.07, 6.45) is 3.59. The first-order valence-electron chi connectivity index (χ1n) is 10.9. The van der Waals surface area contributed by atoms with Crippen LogP contribution >= 0.6 is 0 Å². The van der Waals surface area contributed by atoms with Gasteiger partial charge in [-0.05, 0) is 49.4 Å². The molecule has 0 aliphatic rings. The highest BCUT2D eigenvalue weighted by Crippen LogP contribution is 2.36. The highest BCUT2D eigenvalue weighted by molar-refractivity contribution is 5.76. The molecule has 0 bridgehead atoms. The minimum Gasteiger partial charge on any atom is -0.306 e. The minimum atomic E-state index is -0.0859. The van der Waals surface area contributed by atoms with Gasteiger partial charge in [0.2, 0.25) is 0 Å². The van der Waals surface area contributed by atoms with Crippen molar-refractivity contribution in [2.45, 2.75) is 66.0 Å². The zero-order valence-electron chi connectivity index (χ0n) is 19.5. The van der Waals surface area contributed by atoms with Crippen molar-refractivity contribution >= 4 is 5.65 Å². The molecule has 31 heavy (non-hydrogen) atoms. The van der Waals surface area contributed by atoms with Crippen LogP contribution in [0.15, 0.2) is 42.9 Å². The van der Waals surface area contributed by atoms with E-state index in [0.717, 1.165) is 33.7 Å². The molecule has 6 nitrogen and oxygen atoms in total. The second kappa shape index (κ2) is 7.93. The second-order valence-electron chi connectivity index (χ2n) is 9.46. The van der Waals surface area contributed by atoms with Gasteiger partial charge in [0, 0.05) is 28.9 Å². The number of hydrogen-bond acceptors (Lipinski definition) is 4. The van der Waals surface area contributed by atoms with E-state index in [4.69, 9.17) is 5.10 Å². The molecule has 2 N–H and O–H groups in total. The molecule has 0 saturated heterocycles. The summed E-state index contributed by atoms with van der Waals surface area (Å²) in [4.78, 5) is 4.33. The Kier molecular flexibility index (Phi) is 5.43. The van der Waals surface area contributed by atoms with Crippen molar-refractivity contribution in [1.29, 1.82) is 0 Å². The van der Waals surface area contributed by atoms with Gasteiger partial charge in [0.1, 0.15) is 6.33 Å². The van der Waals surface area contributed by atoms with Crippen molar-refractivity contribution in [2.75, 3.05) is 0 Å². The number of hydrogen-bond donors (Lipinski definition) is 2. The average molecular weight is 417 g/mol. The van der Waals surface area contributed by atoms with Gasteiger partial charge in [0.15, 0.2) is 5.65 Å². The summed E-state index contributed by atoms with van der Waals surface area (Å²) in [5.74, 6) is 0.314. The molecule has 1 aromatic carbocycles. The van der Waals surface area contributed by atoms with Gasteiger partial charge < -0.3 is 5.32 Å². The lowest BCUT2D eigenvalue weighted by atomic mass is 9.90. The number of nitrogens with one attached hydrogen (secondary N) is 2. The number of rotatable bonds is 6. The number of aryl methyl sites for hydroxylation is 1. The first-order valence-corrected chi connectivity index (χ1v) is 10.9. The Hall–Kier alpha value is -2.99. The third-order valence-corrected chi connectivity index (χ3v) is 5.76. The van der Waals surface area contributed by atoms with Crippen LogP contribution in [0.1, 0.15) is 64.2 Å². The third-order valence-electron chi connectivity index (χ3n) is 5.76. The molecule has 0 aliphatic carbocycles. The van der Waals surface area contributed by atoms with Gasteiger partial charge in [-0.15, -0.1) is 0 Å². The predicted octanol–water partition coefficient (Wildman–Crippen LogP) is 5.45. The van der Waals surface area contributed by atoms with Gasteiger partial charge in [0.25, 0.3) is 0 Å². The fourth-order valence-corrected chi connectivity index (χ4v) is 4.43. The van der Waals surface area contributed by atoms with Crippen LogP contribution < -0.4 is 5.32 Å². The molecule has 0 aliphatic heterocycles. The predicted molar refractivity (Wildman–Crippen MR) is 126 cm³/mol. The lowest BCUT2D eigenvalue weighted by molar-refractivity contribution is 0.366. The molecule has 0 radical (unpaired) electrons. The third kappa shape index (κ3) is 4.00. The highest BCUT2D eigenvalue weighted by Gasteiger charge is 2.23. The van der Waals surface area contributed by atoms with E-state index in [2.05, 4.69) is 99.3 Å². The molecule has 4 aromatic rings. The fourth-order valence-electron chi connectivity index (χ4n) is 4.43. The number of nitrogens with zero attached hydrogens (tertiary/aromatic N) is 4. The van der Waals surface area contributed by atoms with E-state index in [1.165, 1.54) is 11.1 Å². The summed E-state index contributed by atoms with van der Waals surface area (Å²) in [6.45, 7) is 15.3. The topological polar surface area (TPSA) is 70.9 Å². The van der Waals surface area contributed by atoms with Gasteiger partial charge in [-0.25, -0.2) is 9.50 Å². The molecule has 0 amide bonds. The smallest absolute Gasteiger partial charge is 0.158 e. The van der Waals surface area contributed by atoms with Gasteiger partial charge in [-0.2, -0.15) is 10.2 Å². The van der Waals surface area contributed by atoms with Crippen LogP contribution in [-0.2, 0) is 5.54 Å². The molecule has 0 spiro atoms. The van der Waals surface area contributed by atoms with Crippen LogP contribution in [0.2, 0.25) is 0 Å². The van der Waals surface area contributed by atoms with Crippen LogP contribution in [0, 0.1) is 6.92 Å². The Balaban J connectivity index is 1.76. The minimum absolute atomic E-state index is 0.0859.